The van der Waals surface area contributed by atoms with Gasteiger partial charge in [0.25, 0.3) is 0 Å². The van der Waals surface area contributed by atoms with Gasteiger partial charge in [-0.25, -0.2) is 0 Å². The molecule has 0 fully saturated rings. The number of rotatable bonds is 6. The smallest absolute Gasteiger partial charge is 0.307 e. The number of nitrogens with two attached hydrogens (primary N) is 1. The minimum atomic E-state index is -0.273. The summed E-state index contributed by atoms with van der Waals surface area (Å²) in [5.74, 6) is -0.214. The van der Waals surface area contributed by atoms with E-state index in [9.17, 15) is 4.79 Å². The highest BCUT2D eigenvalue weighted by Crippen LogP contribution is 2.18. The molecule has 1 unspecified atom stereocenters. The fourth-order valence-corrected chi connectivity index (χ4v) is 1.68. The molecule has 0 saturated heterocycles. The van der Waals surface area contributed by atoms with Gasteiger partial charge in [0, 0.05) is 6.04 Å². The predicted molar refractivity (Wildman–Crippen MR) is 68.6 cm³/mol. The second kappa shape index (κ2) is 7.07. The summed E-state index contributed by atoms with van der Waals surface area (Å²) in [6.45, 7) is 4.56. The Bertz CT molecular complexity index is 363. The summed E-state index contributed by atoms with van der Waals surface area (Å²) in [5.41, 5.74) is 8.13. The highest BCUT2D eigenvalue weighted by molar-refractivity contribution is 5.70. The zero-order valence-corrected chi connectivity index (χ0v) is 10.6. The van der Waals surface area contributed by atoms with Gasteiger partial charge in [-0.05, 0) is 24.5 Å². The van der Waals surface area contributed by atoms with Gasteiger partial charge in [-0.3, -0.25) is 4.79 Å². The van der Waals surface area contributed by atoms with Gasteiger partial charge in [-0.2, -0.15) is 0 Å². The molecule has 0 aliphatic rings. The number of ether oxygens (including phenoxy) is 1. The van der Waals surface area contributed by atoms with Gasteiger partial charge in [0.05, 0.1) is 13.0 Å². The molecular weight excluding hydrogens is 214 g/mol. The summed E-state index contributed by atoms with van der Waals surface area (Å²) < 4.78 is 5.10. The first-order valence-electron chi connectivity index (χ1n) is 6.12. The Morgan fingerprint density at radius 1 is 1.41 bits per heavy atom. The normalized spacial score (nSPS) is 12.2. The van der Waals surface area contributed by atoms with Crippen LogP contribution in [0, 0.1) is 6.92 Å². The lowest BCUT2D eigenvalue weighted by atomic mass is 10.00. The van der Waals surface area contributed by atoms with Crippen LogP contribution in [0.3, 0.4) is 0 Å². The van der Waals surface area contributed by atoms with Crippen molar-refractivity contribution in [3.63, 3.8) is 0 Å². The maximum Gasteiger partial charge on any atom is 0.307 e. The van der Waals surface area contributed by atoms with Crippen LogP contribution in [-0.2, 0) is 9.53 Å². The predicted octanol–water partition coefficient (Wildman–Crippen LogP) is 2.73. The minimum absolute atomic E-state index is 0.214. The van der Waals surface area contributed by atoms with E-state index in [2.05, 4.69) is 6.92 Å². The summed E-state index contributed by atoms with van der Waals surface area (Å²) >= 11 is 0. The van der Waals surface area contributed by atoms with E-state index < -0.39 is 0 Å². The molecule has 0 aromatic heterocycles. The molecule has 3 nitrogen and oxygen atoms in total. The largest absolute Gasteiger partial charge is 0.466 e. The van der Waals surface area contributed by atoms with Crippen molar-refractivity contribution >= 4 is 5.97 Å². The Balaban J connectivity index is 2.46. The van der Waals surface area contributed by atoms with Crippen LogP contribution in [0.5, 0.6) is 0 Å². The van der Waals surface area contributed by atoms with Crippen LogP contribution in [0.1, 0.15) is 43.4 Å². The first-order chi connectivity index (χ1) is 8.15. The molecule has 0 bridgehead atoms. The molecule has 17 heavy (non-hydrogen) atoms. The number of benzene rings is 1. The van der Waals surface area contributed by atoms with Crippen LogP contribution >= 0.6 is 0 Å². The summed E-state index contributed by atoms with van der Waals surface area (Å²) in [4.78, 5) is 11.5. The highest BCUT2D eigenvalue weighted by atomic mass is 16.5. The van der Waals surface area contributed by atoms with Gasteiger partial charge < -0.3 is 10.5 Å². The molecule has 0 radical (unpaired) electrons. The Hall–Kier alpha value is -1.35. The van der Waals surface area contributed by atoms with Crippen molar-refractivity contribution in [2.24, 2.45) is 5.73 Å². The van der Waals surface area contributed by atoms with E-state index >= 15 is 0 Å². The van der Waals surface area contributed by atoms with Crippen molar-refractivity contribution in [1.82, 2.24) is 0 Å². The fourth-order valence-electron chi connectivity index (χ4n) is 1.68. The van der Waals surface area contributed by atoms with Crippen LogP contribution < -0.4 is 5.73 Å². The molecule has 0 spiro atoms. The average Bonchev–Trinajstić information content (AvgIpc) is 2.29. The van der Waals surface area contributed by atoms with Crippen molar-refractivity contribution in [2.75, 3.05) is 6.61 Å². The first-order valence-corrected chi connectivity index (χ1v) is 6.12. The molecule has 1 aromatic carbocycles. The summed E-state index contributed by atoms with van der Waals surface area (Å²) in [5, 5.41) is 0. The molecule has 0 saturated carbocycles. The molecular formula is C14H21NO2. The third-order valence-electron chi connectivity index (χ3n) is 2.74. The van der Waals surface area contributed by atoms with Crippen LogP contribution in [0.2, 0.25) is 0 Å². The monoisotopic (exact) mass is 235 g/mol. The van der Waals surface area contributed by atoms with Crippen LogP contribution in [0.25, 0.3) is 0 Å². The van der Waals surface area contributed by atoms with E-state index in [-0.39, 0.29) is 18.4 Å². The molecule has 1 atom stereocenters. The van der Waals surface area contributed by atoms with E-state index in [1.54, 1.807) is 0 Å². The van der Waals surface area contributed by atoms with Gasteiger partial charge in [0.2, 0.25) is 0 Å². The molecule has 0 aliphatic carbocycles. The van der Waals surface area contributed by atoms with Gasteiger partial charge in [-0.15, -0.1) is 0 Å². The van der Waals surface area contributed by atoms with E-state index in [0.29, 0.717) is 6.61 Å². The van der Waals surface area contributed by atoms with Crippen LogP contribution in [0.4, 0.5) is 0 Å². The van der Waals surface area contributed by atoms with Gasteiger partial charge in [-0.1, -0.05) is 37.6 Å². The Morgan fingerprint density at radius 3 is 2.76 bits per heavy atom. The second-order valence-electron chi connectivity index (χ2n) is 4.24. The van der Waals surface area contributed by atoms with Gasteiger partial charge in [0.15, 0.2) is 0 Å². The number of carbonyl (C=O) groups is 1. The van der Waals surface area contributed by atoms with Crippen LogP contribution in [-0.4, -0.2) is 12.6 Å². The van der Waals surface area contributed by atoms with Crippen molar-refractivity contribution in [3.8, 4) is 0 Å². The Kier molecular flexibility index (Phi) is 5.70. The lowest BCUT2D eigenvalue weighted by molar-refractivity contribution is -0.144. The maximum atomic E-state index is 11.5. The standard InChI is InChI=1S/C14H21NO2/c1-3-4-9-17-14(16)10-13(15)12-8-6-5-7-11(12)2/h5-8,13H,3-4,9-10,15H2,1-2H3. The molecule has 0 aliphatic heterocycles. The number of unbranched alkanes of at least 4 members (excludes halogenated alkanes) is 1. The third-order valence-corrected chi connectivity index (χ3v) is 2.74. The lowest BCUT2D eigenvalue weighted by Crippen LogP contribution is -2.18. The summed E-state index contributed by atoms with van der Waals surface area (Å²) in [6, 6.07) is 7.58. The van der Waals surface area contributed by atoms with Crippen molar-refractivity contribution in [2.45, 2.75) is 39.2 Å². The SMILES string of the molecule is CCCCOC(=O)CC(N)c1ccccc1C. The molecule has 1 aromatic rings. The van der Waals surface area contributed by atoms with Gasteiger partial charge in [0.1, 0.15) is 0 Å². The Morgan fingerprint density at radius 2 is 2.12 bits per heavy atom. The van der Waals surface area contributed by atoms with Crippen molar-refractivity contribution in [3.05, 3.63) is 35.4 Å². The number of carbonyl (C=O) groups excluding carboxylic acids is 1. The molecule has 94 valence electrons. The first kappa shape index (κ1) is 13.7. The molecule has 0 heterocycles. The fraction of sp³-hybridized carbons (Fsp3) is 0.500. The number of aryl methyl sites for hydroxylation is 1. The summed E-state index contributed by atoms with van der Waals surface area (Å²) in [6.07, 6.45) is 2.18. The quantitative estimate of drug-likeness (QED) is 0.609. The minimum Gasteiger partial charge on any atom is -0.466 e. The average molecular weight is 235 g/mol. The number of hydrogen-bond donors (Lipinski definition) is 1. The van der Waals surface area contributed by atoms with E-state index in [1.165, 1.54) is 0 Å². The highest BCUT2D eigenvalue weighted by Gasteiger charge is 2.13. The summed E-state index contributed by atoms with van der Waals surface area (Å²) in [7, 11) is 0. The van der Waals surface area contributed by atoms with Crippen LogP contribution in [0.15, 0.2) is 24.3 Å². The molecule has 2 N–H and O–H groups in total. The second-order valence-corrected chi connectivity index (χ2v) is 4.24. The zero-order valence-electron chi connectivity index (χ0n) is 10.6. The van der Waals surface area contributed by atoms with E-state index in [4.69, 9.17) is 10.5 Å². The Labute approximate surface area is 103 Å². The van der Waals surface area contributed by atoms with Crippen molar-refractivity contribution < 1.29 is 9.53 Å². The molecule has 3 heteroatoms. The van der Waals surface area contributed by atoms with E-state index in [1.807, 2.05) is 31.2 Å². The maximum absolute atomic E-state index is 11.5. The topological polar surface area (TPSA) is 52.3 Å². The van der Waals surface area contributed by atoms with E-state index in [0.717, 1.165) is 24.0 Å². The molecule has 1 rings (SSSR count). The van der Waals surface area contributed by atoms with Gasteiger partial charge >= 0.3 is 5.97 Å². The number of esters is 1. The number of hydrogen-bond acceptors (Lipinski definition) is 3. The lowest BCUT2D eigenvalue weighted by Gasteiger charge is -2.13. The third kappa shape index (κ3) is 4.57. The van der Waals surface area contributed by atoms with Crippen molar-refractivity contribution in [1.29, 1.82) is 0 Å². The molecule has 0 amide bonds. The zero-order chi connectivity index (χ0) is 12.7.